The van der Waals surface area contributed by atoms with Gasteiger partial charge in [-0.05, 0) is 23.8 Å². The van der Waals surface area contributed by atoms with Crippen molar-refractivity contribution < 1.29 is 14.3 Å². The Morgan fingerprint density at radius 1 is 1.04 bits per heavy atom. The minimum absolute atomic E-state index is 0.119. The second-order valence-corrected chi connectivity index (χ2v) is 5.87. The maximum Gasteiger partial charge on any atom is 0.169 e. The number of hydrogen-bond donors (Lipinski definition) is 0. The van der Waals surface area contributed by atoms with E-state index in [0.717, 1.165) is 16.7 Å². The smallest absolute Gasteiger partial charge is 0.169 e. The SMILES string of the molecule is O=C1CCOc2cc(OCc3ccncc3-c3ccccc3)ccc21. The normalized spacial score (nSPS) is 13.0. The lowest BCUT2D eigenvalue weighted by molar-refractivity contribution is 0.0933. The molecule has 1 aromatic heterocycles. The van der Waals surface area contributed by atoms with Gasteiger partial charge in [-0.1, -0.05) is 30.3 Å². The van der Waals surface area contributed by atoms with Crippen LogP contribution >= 0.6 is 0 Å². The summed E-state index contributed by atoms with van der Waals surface area (Å²) in [5, 5.41) is 0. The van der Waals surface area contributed by atoms with Gasteiger partial charge in [0.1, 0.15) is 18.1 Å². The van der Waals surface area contributed by atoms with E-state index in [9.17, 15) is 4.79 Å². The summed E-state index contributed by atoms with van der Waals surface area (Å²) in [5.74, 6) is 1.41. The first-order valence-corrected chi connectivity index (χ1v) is 8.22. The number of rotatable bonds is 4. The van der Waals surface area contributed by atoms with Crippen LogP contribution in [-0.2, 0) is 6.61 Å². The molecule has 0 unspecified atom stereocenters. The van der Waals surface area contributed by atoms with Crippen molar-refractivity contribution in [1.29, 1.82) is 0 Å². The van der Waals surface area contributed by atoms with Crippen molar-refractivity contribution in [3.63, 3.8) is 0 Å². The van der Waals surface area contributed by atoms with Crippen LogP contribution in [0.15, 0.2) is 67.0 Å². The summed E-state index contributed by atoms with van der Waals surface area (Å²) in [6, 6.07) is 17.4. The van der Waals surface area contributed by atoms with Gasteiger partial charge in [-0.15, -0.1) is 0 Å². The number of pyridine rings is 1. The van der Waals surface area contributed by atoms with Gasteiger partial charge < -0.3 is 9.47 Å². The molecule has 0 amide bonds. The number of fused-ring (bicyclic) bond motifs is 1. The van der Waals surface area contributed by atoms with Crippen molar-refractivity contribution in [2.45, 2.75) is 13.0 Å². The van der Waals surface area contributed by atoms with E-state index in [1.54, 1.807) is 18.3 Å². The second-order valence-electron chi connectivity index (χ2n) is 5.87. The summed E-state index contributed by atoms with van der Waals surface area (Å²) in [6.07, 6.45) is 4.05. The quantitative estimate of drug-likeness (QED) is 0.715. The van der Waals surface area contributed by atoms with Crippen molar-refractivity contribution in [2.24, 2.45) is 0 Å². The number of ketones is 1. The summed E-state index contributed by atoms with van der Waals surface area (Å²) in [4.78, 5) is 16.1. The van der Waals surface area contributed by atoms with Crippen molar-refractivity contribution in [3.8, 4) is 22.6 Å². The summed E-state index contributed by atoms with van der Waals surface area (Å²) in [6.45, 7) is 0.845. The number of hydrogen-bond acceptors (Lipinski definition) is 4. The van der Waals surface area contributed by atoms with Crippen LogP contribution in [0.5, 0.6) is 11.5 Å². The molecule has 0 radical (unpaired) electrons. The zero-order valence-corrected chi connectivity index (χ0v) is 13.6. The van der Waals surface area contributed by atoms with E-state index in [1.807, 2.05) is 36.5 Å². The number of Topliss-reactive ketones (excluding diaryl/α,β-unsaturated/α-hetero) is 1. The number of carbonyl (C=O) groups is 1. The first-order chi connectivity index (χ1) is 12.3. The highest BCUT2D eigenvalue weighted by molar-refractivity contribution is 5.99. The summed E-state index contributed by atoms with van der Waals surface area (Å²) >= 11 is 0. The van der Waals surface area contributed by atoms with Crippen LogP contribution in [0.3, 0.4) is 0 Å². The fraction of sp³-hybridized carbons (Fsp3) is 0.143. The van der Waals surface area contributed by atoms with Crippen molar-refractivity contribution in [3.05, 3.63) is 78.1 Å². The lowest BCUT2D eigenvalue weighted by Gasteiger charge is -2.17. The first kappa shape index (κ1) is 15.4. The van der Waals surface area contributed by atoms with Crippen LogP contribution in [-0.4, -0.2) is 17.4 Å². The molecule has 2 aromatic carbocycles. The molecular formula is C21H17NO3. The molecule has 0 N–H and O–H groups in total. The topological polar surface area (TPSA) is 48.4 Å². The van der Waals surface area contributed by atoms with E-state index in [0.29, 0.717) is 36.7 Å². The highest BCUT2D eigenvalue weighted by Gasteiger charge is 2.18. The van der Waals surface area contributed by atoms with Crippen LogP contribution in [0.1, 0.15) is 22.3 Å². The van der Waals surface area contributed by atoms with Gasteiger partial charge in [-0.25, -0.2) is 0 Å². The molecular weight excluding hydrogens is 314 g/mol. The van der Waals surface area contributed by atoms with E-state index in [1.165, 1.54) is 0 Å². The van der Waals surface area contributed by atoms with Crippen LogP contribution in [0.4, 0.5) is 0 Å². The van der Waals surface area contributed by atoms with Crippen LogP contribution < -0.4 is 9.47 Å². The average molecular weight is 331 g/mol. The summed E-state index contributed by atoms with van der Waals surface area (Å²) in [7, 11) is 0. The van der Waals surface area contributed by atoms with Gasteiger partial charge in [-0.2, -0.15) is 0 Å². The molecule has 0 saturated heterocycles. The van der Waals surface area contributed by atoms with E-state index < -0.39 is 0 Å². The molecule has 0 bridgehead atoms. The zero-order valence-electron chi connectivity index (χ0n) is 13.6. The number of carbonyl (C=O) groups excluding carboxylic acids is 1. The molecule has 4 rings (SSSR count). The van der Waals surface area contributed by atoms with Gasteiger partial charge >= 0.3 is 0 Å². The molecule has 4 heteroatoms. The Bertz CT molecular complexity index is 906. The monoisotopic (exact) mass is 331 g/mol. The fourth-order valence-corrected chi connectivity index (χ4v) is 2.92. The highest BCUT2D eigenvalue weighted by atomic mass is 16.5. The largest absolute Gasteiger partial charge is 0.492 e. The van der Waals surface area contributed by atoms with Gasteiger partial charge in [0.15, 0.2) is 5.78 Å². The molecule has 0 aliphatic carbocycles. The standard InChI is InChI=1S/C21H17NO3/c23-20-9-11-24-21-12-17(6-7-18(20)21)25-14-16-8-10-22-13-19(16)15-4-2-1-3-5-15/h1-8,10,12-13H,9,11,14H2. The van der Waals surface area contributed by atoms with Gasteiger partial charge in [0, 0.05) is 36.0 Å². The first-order valence-electron chi connectivity index (χ1n) is 8.22. The molecule has 0 saturated carbocycles. The molecule has 1 aliphatic heterocycles. The van der Waals surface area contributed by atoms with Crippen molar-refractivity contribution >= 4 is 5.78 Å². The van der Waals surface area contributed by atoms with Crippen LogP contribution in [0, 0.1) is 0 Å². The zero-order chi connectivity index (χ0) is 17.1. The fourth-order valence-electron chi connectivity index (χ4n) is 2.92. The van der Waals surface area contributed by atoms with Gasteiger partial charge in [0.25, 0.3) is 0 Å². The molecule has 25 heavy (non-hydrogen) atoms. The number of aromatic nitrogens is 1. The molecule has 2 heterocycles. The van der Waals surface area contributed by atoms with Gasteiger partial charge in [-0.3, -0.25) is 9.78 Å². The maximum absolute atomic E-state index is 11.8. The predicted octanol–water partition coefficient (Wildman–Crippen LogP) is 4.29. The Kier molecular flexibility index (Phi) is 4.17. The lowest BCUT2D eigenvalue weighted by atomic mass is 10.0. The Hall–Kier alpha value is -3.14. The van der Waals surface area contributed by atoms with E-state index in [-0.39, 0.29) is 5.78 Å². The predicted molar refractivity (Wildman–Crippen MR) is 94.9 cm³/mol. The summed E-state index contributed by atoms with van der Waals surface area (Å²) < 4.78 is 11.5. The van der Waals surface area contributed by atoms with Crippen LogP contribution in [0.2, 0.25) is 0 Å². The molecule has 0 atom stereocenters. The number of benzene rings is 2. The Balaban J connectivity index is 1.56. The molecule has 0 spiro atoms. The summed E-state index contributed by atoms with van der Waals surface area (Å²) in [5.41, 5.74) is 3.84. The molecule has 0 fully saturated rings. The highest BCUT2D eigenvalue weighted by Crippen LogP contribution is 2.30. The van der Waals surface area contributed by atoms with E-state index >= 15 is 0 Å². The minimum Gasteiger partial charge on any atom is -0.492 e. The maximum atomic E-state index is 11.8. The molecule has 124 valence electrons. The van der Waals surface area contributed by atoms with E-state index in [2.05, 4.69) is 17.1 Å². The number of nitrogens with zero attached hydrogens (tertiary/aromatic N) is 1. The third-order valence-corrected chi connectivity index (χ3v) is 4.23. The van der Waals surface area contributed by atoms with Crippen molar-refractivity contribution in [1.82, 2.24) is 4.98 Å². The molecule has 3 aromatic rings. The van der Waals surface area contributed by atoms with Gasteiger partial charge in [0.2, 0.25) is 0 Å². The Morgan fingerprint density at radius 2 is 1.92 bits per heavy atom. The Labute approximate surface area is 146 Å². The minimum atomic E-state index is 0.119. The second kappa shape index (κ2) is 6.77. The average Bonchev–Trinajstić information content (AvgIpc) is 2.67. The van der Waals surface area contributed by atoms with Crippen molar-refractivity contribution in [2.75, 3.05) is 6.61 Å². The van der Waals surface area contributed by atoms with Crippen LogP contribution in [0.25, 0.3) is 11.1 Å². The lowest BCUT2D eigenvalue weighted by Crippen LogP contribution is -2.15. The molecule has 4 nitrogen and oxygen atoms in total. The third-order valence-electron chi connectivity index (χ3n) is 4.23. The van der Waals surface area contributed by atoms with Gasteiger partial charge in [0.05, 0.1) is 12.2 Å². The Morgan fingerprint density at radius 3 is 2.80 bits per heavy atom. The van der Waals surface area contributed by atoms with E-state index in [4.69, 9.17) is 9.47 Å². The molecule has 1 aliphatic rings. The third kappa shape index (κ3) is 3.24. The number of ether oxygens (including phenoxy) is 2.